The zero-order chi connectivity index (χ0) is 32.4. The number of hydrogen-bond acceptors (Lipinski definition) is 10. The quantitative estimate of drug-likeness (QED) is 0.128. The van der Waals surface area contributed by atoms with Crippen LogP contribution in [0.4, 0.5) is 0 Å². The summed E-state index contributed by atoms with van der Waals surface area (Å²) in [5, 5.41) is 32.0. The Labute approximate surface area is 256 Å². The number of aliphatic imine (C=N–C) groups is 1. The number of nitriles is 1. The Hall–Kier alpha value is -4.38. The lowest BCUT2D eigenvalue weighted by Gasteiger charge is -2.25. The van der Waals surface area contributed by atoms with Crippen LogP contribution >= 0.6 is 0 Å². The van der Waals surface area contributed by atoms with Crippen LogP contribution in [0.5, 0.6) is 0 Å². The number of hydrogen-bond donors (Lipinski definition) is 5. The number of H-pyrrole nitrogens is 1. The molecule has 0 radical (unpaired) electrons. The van der Waals surface area contributed by atoms with Gasteiger partial charge in [-0.05, 0) is 36.5 Å². The first-order chi connectivity index (χ1) is 21.0. The molecule has 5 atom stereocenters. The zero-order valence-corrected chi connectivity index (χ0v) is 25.3. The molecule has 1 saturated heterocycles. The average molecular weight is 609 g/mol. The zero-order valence-electron chi connectivity index (χ0n) is 25.3. The fraction of sp³-hybridized carbons (Fsp3) is 0.484. The summed E-state index contributed by atoms with van der Waals surface area (Å²) in [6, 6.07) is 12.8. The van der Waals surface area contributed by atoms with E-state index in [0.29, 0.717) is 12.8 Å². The number of nitrogens with zero attached hydrogens (tertiary/aromatic N) is 2. The SMILES string of the molecule is CCC(CC)C(=O)NC(=NC=N)c1ccc([C@]2(C#N)O[C@H](COC(=O)Cc3ccccc3)[C@@H](OC(=O)[C@@H](N)C(C)C)[C@H]2O)[nH]1. The van der Waals surface area contributed by atoms with Crippen LogP contribution in [0.25, 0.3) is 0 Å². The van der Waals surface area contributed by atoms with E-state index >= 15 is 0 Å². The second kappa shape index (κ2) is 15.4. The number of aromatic amines is 1. The van der Waals surface area contributed by atoms with E-state index in [2.05, 4.69) is 15.3 Å². The van der Waals surface area contributed by atoms with Crippen molar-refractivity contribution in [3.8, 4) is 6.07 Å². The van der Waals surface area contributed by atoms with Gasteiger partial charge in [-0.2, -0.15) is 5.26 Å². The summed E-state index contributed by atoms with van der Waals surface area (Å²) in [7, 11) is 0. The number of benzene rings is 1. The average Bonchev–Trinajstić information content (AvgIpc) is 3.60. The highest BCUT2D eigenvalue weighted by Gasteiger charge is 2.59. The molecule has 2 aromatic rings. The normalized spacial score (nSPS) is 22.3. The van der Waals surface area contributed by atoms with Gasteiger partial charge < -0.3 is 35.4 Å². The number of carbonyl (C=O) groups excluding carboxylic acids is 3. The van der Waals surface area contributed by atoms with E-state index in [0.717, 1.165) is 11.9 Å². The molecule has 1 amide bonds. The number of amides is 1. The van der Waals surface area contributed by atoms with Crippen molar-refractivity contribution in [3.63, 3.8) is 0 Å². The highest BCUT2D eigenvalue weighted by Crippen LogP contribution is 2.41. The molecule has 0 saturated carbocycles. The molecule has 3 rings (SSSR count). The maximum Gasteiger partial charge on any atom is 0.323 e. The number of nitrogens with one attached hydrogen (secondary N) is 3. The standard InChI is InChI=1S/C31H40N6O7/c1-5-20(6-2)29(40)37-28(35-17-33)21-12-13-23(36-21)31(16-32)27(39)26(43-30(41)25(34)18(3)4)22(44-31)15-42-24(38)14-19-10-8-7-9-11-19/h7-13,17-18,20,22,25-27,36,39H,5-6,14-15,34H2,1-4H3,(H2,33,35,37,40)/t22-,25+,26-,27-,31+/m1/s1. The summed E-state index contributed by atoms with van der Waals surface area (Å²) in [4.78, 5) is 45.1. The van der Waals surface area contributed by atoms with Crippen molar-refractivity contribution < 1.29 is 33.7 Å². The van der Waals surface area contributed by atoms with Gasteiger partial charge in [-0.15, -0.1) is 0 Å². The van der Waals surface area contributed by atoms with E-state index in [1.54, 1.807) is 38.1 Å². The number of rotatable bonds is 13. The minimum atomic E-state index is -2.10. The molecule has 1 aliphatic rings. The van der Waals surface area contributed by atoms with Crippen LogP contribution in [0.1, 0.15) is 57.5 Å². The van der Waals surface area contributed by atoms with Crippen molar-refractivity contribution in [2.24, 2.45) is 22.6 Å². The van der Waals surface area contributed by atoms with Gasteiger partial charge in [0.05, 0.1) is 17.8 Å². The molecule has 1 aromatic carbocycles. The van der Waals surface area contributed by atoms with Crippen LogP contribution in [0.2, 0.25) is 0 Å². The first-order valence-electron chi connectivity index (χ1n) is 14.5. The molecule has 236 valence electrons. The summed E-state index contributed by atoms with van der Waals surface area (Å²) in [6.45, 7) is 6.80. The lowest BCUT2D eigenvalue weighted by atomic mass is 9.92. The van der Waals surface area contributed by atoms with Crippen LogP contribution < -0.4 is 11.1 Å². The fourth-order valence-electron chi connectivity index (χ4n) is 4.79. The number of esters is 2. The van der Waals surface area contributed by atoms with Gasteiger partial charge in [-0.1, -0.05) is 58.0 Å². The molecule has 2 heterocycles. The summed E-state index contributed by atoms with van der Waals surface area (Å²) in [5.74, 6) is -2.22. The third kappa shape index (κ3) is 7.76. The van der Waals surface area contributed by atoms with Crippen LogP contribution in [-0.4, -0.2) is 71.1 Å². The predicted octanol–water partition coefficient (Wildman–Crippen LogP) is 2.08. The molecule has 1 fully saturated rings. The van der Waals surface area contributed by atoms with Crippen molar-refractivity contribution in [3.05, 3.63) is 59.4 Å². The van der Waals surface area contributed by atoms with E-state index in [9.17, 15) is 24.8 Å². The summed E-state index contributed by atoms with van der Waals surface area (Å²) in [5.41, 5.74) is 4.89. The molecular weight excluding hydrogens is 568 g/mol. The van der Waals surface area contributed by atoms with Gasteiger partial charge in [0.25, 0.3) is 0 Å². The van der Waals surface area contributed by atoms with Crippen molar-refractivity contribution in [2.75, 3.05) is 6.61 Å². The van der Waals surface area contributed by atoms with Crippen LogP contribution in [0.15, 0.2) is 47.5 Å². The fourth-order valence-corrected chi connectivity index (χ4v) is 4.79. The maximum absolute atomic E-state index is 12.8. The first-order valence-corrected chi connectivity index (χ1v) is 14.5. The van der Waals surface area contributed by atoms with Gasteiger partial charge in [0, 0.05) is 5.92 Å². The second-order valence-electron chi connectivity index (χ2n) is 10.9. The number of aliphatic hydroxyl groups excluding tert-OH is 1. The van der Waals surface area contributed by atoms with Crippen LogP contribution in [0, 0.1) is 28.6 Å². The number of ether oxygens (including phenoxy) is 3. The molecule has 13 nitrogen and oxygen atoms in total. The van der Waals surface area contributed by atoms with E-state index in [1.807, 2.05) is 26.0 Å². The minimum absolute atomic E-state index is 0.0278. The Morgan fingerprint density at radius 3 is 2.50 bits per heavy atom. The summed E-state index contributed by atoms with van der Waals surface area (Å²) >= 11 is 0. The van der Waals surface area contributed by atoms with Crippen molar-refractivity contribution >= 4 is 30.0 Å². The number of amidine groups is 1. The Balaban J connectivity index is 1.90. The third-order valence-electron chi connectivity index (χ3n) is 7.57. The largest absolute Gasteiger partial charge is 0.463 e. The number of nitrogens with two attached hydrogens (primary N) is 1. The molecule has 1 aromatic heterocycles. The van der Waals surface area contributed by atoms with Crippen molar-refractivity contribution in [2.45, 2.75) is 76.9 Å². The van der Waals surface area contributed by atoms with E-state index in [1.165, 1.54) is 12.1 Å². The topological polar surface area (TPSA) is 213 Å². The molecule has 0 aliphatic carbocycles. The highest BCUT2D eigenvalue weighted by molar-refractivity contribution is 6.09. The smallest absolute Gasteiger partial charge is 0.323 e. The Bertz CT molecular complexity index is 1380. The van der Waals surface area contributed by atoms with Gasteiger partial charge in [-0.3, -0.25) is 19.8 Å². The monoisotopic (exact) mass is 608 g/mol. The number of aromatic nitrogens is 1. The lowest BCUT2D eigenvalue weighted by molar-refractivity contribution is -0.162. The first kappa shape index (κ1) is 34.1. The Kier molecular flexibility index (Phi) is 11.9. The van der Waals surface area contributed by atoms with E-state index < -0.39 is 48.5 Å². The highest BCUT2D eigenvalue weighted by atomic mass is 16.6. The van der Waals surface area contributed by atoms with Gasteiger partial charge >= 0.3 is 11.9 Å². The van der Waals surface area contributed by atoms with E-state index in [-0.39, 0.29) is 41.4 Å². The predicted molar refractivity (Wildman–Crippen MR) is 160 cm³/mol. The van der Waals surface area contributed by atoms with Crippen molar-refractivity contribution in [1.82, 2.24) is 10.3 Å². The summed E-state index contributed by atoms with van der Waals surface area (Å²) in [6.07, 6.45) is -2.45. The molecule has 13 heteroatoms. The summed E-state index contributed by atoms with van der Waals surface area (Å²) < 4.78 is 17.1. The Morgan fingerprint density at radius 1 is 1.23 bits per heavy atom. The molecule has 0 spiro atoms. The van der Waals surface area contributed by atoms with Crippen molar-refractivity contribution in [1.29, 1.82) is 10.7 Å². The number of carbonyl (C=O) groups is 3. The lowest BCUT2D eigenvalue weighted by Crippen LogP contribution is -2.46. The minimum Gasteiger partial charge on any atom is -0.463 e. The molecule has 6 N–H and O–H groups in total. The van der Waals surface area contributed by atoms with Crippen LogP contribution in [0.3, 0.4) is 0 Å². The maximum atomic E-state index is 12.8. The molecule has 44 heavy (non-hydrogen) atoms. The molecular formula is C31H40N6O7. The molecule has 1 aliphatic heterocycles. The van der Waals surface area contributed by atoms with Gasteiger partial charge in [0.1, 0.15) is 37.3 Å². The van der Waals surface area contributed by atoms with E-state index in [4.69, 9.17) is 25.4 Å². The Morgan fingerprint density at radius 2 is 1.91 bits per heavy atom. The van der Waals surface area contributed by atoms with Gasteiger partial charge in [-0.25, -0.2) is 4.99 Å². The molecule has 0 bridgehead atoms. The third-order valence-corrected chi connectivity index (χ3v) is 7.57. The van der Waals surface area contributed by atoms with Gasteiger partial charge in [0.15, 0.2) is 11.9 Å². The van der Waals surface area contributed by atoms with Crippen LogP contribution in [-0.2, 0) is 40.6 Å². The molecule has 0 unspecified atom stereocenters. The second-order valence-corrected chi connectivity index (χ2v) is 10.9. The van der Waals surface area contributed by atoms with Gasteiger partial charge in [0.2, 0.25) is 11.5 Å². The number of aliphatic hydroxyl groups is 1.